The van der Waals surface area contributed by atoms with Crippen molar-refractivity contribution < 1.29 is 35.9 Å². The number of amides is 1. The fourth-order valence-electron chi connectivity index (χ4n) is 3.37. The van der Waals surface area contributed by atoms with Crippen molar-refractivity contribution in [2.45, 2.75) is 46.0 Å². The van der Waals surface area contributed by atoms with Crippen molar-refractivity contribution in [3.8, 4) is 11.5 Å². The van der Waals surface area contributed by atoms with Crippen molar-refractivity contribution >= 4 is 34.1 Å². The summed E-state index contributed by atoms with van der Waals surface area (Å²) in [5.74, 6) is -2.58. The van der Waals surface area contributed by atoms with Crippen LogP contribution in [-0.4, -0.2) is 16.8 Å². The summed E-state index contributed by atoms with van der Waals surface area (Å²) in [5.41, 5.74) is -3.77. The second-order valence-corrected chi connectivity index (χ2v) is 9.34. The minimum atomic E-state index is -5.21. The number of anilines is 1. The first-order chi connectivity index (χ1) is 16.0. The molecule has 0 spiro atoms. The molecule has 0 aliphatic rings. The van der Waals surface area contributed by atoms with Gasteiger partial charge in [-0.1, -0.05) is 13.8 Å². The SMILES string of the molecule is CC(C)c1c[nH]c2ccc(Oc3c(C(F)(F)F)cc(NC(=O)C(C)(C)CCl)cc3C(F)(F)F)cc12. The molecule has 35 heavy (non-hydrogen) atoms. The maximum Gasteiger partial charge on any atom is 0.420 e. The largest absolute Gasteiger partial charge is 0.456 e. The second-order valence-electron chi connectivity index (χ2n) is 9.08. The molecule has 0 atom stereocenters. The van der Waals surface area contributed by atoms with E-state index in [2.05, 4.69) is 10.3 Å². The van der Waals surface area contributed by atoms with Crippen molar-refractivity contribution in [1.82, 2.24) is 4.98 Å². The number of H-pyrrole nitrogens is 1. The zero-order valence-corrected chi connectivity index (χ0v) is 20.0. The van der Waals surface area contributed by atoms with Crippen molar-refractivity contribution in [3.63, 3.8) is 0 Å². The van der Waals surface area contributed by atoms with Gasteiger partial charge in [-0.15, -0.1) is 11.6 Å². The molecule has 2 aromatic carbocycles. The monoisotopic (exact) mass is 520 g/mol. The molecule has 1 aromatic heterocycles. The van der Waals surface area contributed by atoms with Gasteiger partial charge in [-0.2, -0.15) is 26.3 Å². The Labute approximate surface area is 202 Å². The van der Waals surface area contributed by atoms with Gasteiger partial charge in [0.15, 0.2) is 5.75 Å². The third kappa shape index (κ3) is 5.69. The number of aromatic nitrogens is 1. The topological polar surface area (TPSA) is 54.1 Å². The maximum atomic E-state index is 13.9. The summed E-state index contributed by atoms with van der Waals surface area (Å²) >= 11 is 5.70. The third-order valence-corrected chi connectivity index (χ3v) is 6.10. The molecule has 1 amide bonds. The average molecular weight is 521 g/mol. The van der Waals surface area contributed by atoms with E-state index in [1.165, 1.54) is 32.0 Å². The fourth-order valence-corrected chi connectivity index (χ4v) is 3.49. The Kier molecular flexibility index (Phi) is 7.09. The molecule has 3 rings (SSSR count). The van der Waals surface area contributed by atoms with Gasteiger partial charge < -0.3 is 15.0 Å². The van der Waals surface area contributed by atoms with Crippen LogP contribution in [0.25, 0.3) is 10.9 Å². The Balaban J connectivity index is 2.17. The molecule has 0 aliphatic carbocycles. The molecule has 0 saturated heterocycles. The molecular weight excluding hydrogens is 498 g/mol. The van der Waals surface area contributed by atoms with E-state index in [0.29, 0.717) is 23.0 Å². The quantitative estimate of drug-likeness (QED) is 0.253. The highest BCUT2D eigenvalue weighted by Gasteiger charge is 2.43. The van der Waals surface area contributed by atoms with Gasteiger partial charge in [-0.05, 0) is 55.7 Å². The maximum absolute atomic E-state index is 13.9. The van der Waals surface area contributed by atoms with Gasteiger partial charge in [0.25, 0.3) is 0 Å². The molecular formula is C24H23ClF6N2O2. The van der Waals surface area contributed by atoms with Crippen LogP contribution in [0.4, 0.5) is 32.0 Å². The van der Waals surface area contributed by atoms with Crippen LogP contribution >= 0.6 is 11.6 Å². The van der Waals surface area contributed by atoms with Crippen LogP contribution in [0.15, 0.2) is 36.5 Å². The summed E-state index contributed by atoms with van der Waals surface area (Å²) in [6, 6.07) is 5.02. The van der Waals surface area contributed by atoms with E-state index >= 15 is 0 Å². The van der Waals surface area contributed by atoms with Crippen molar-refractivity contribution in [3.05, 3.63) is 53.2 Å². The lowest BCUT2D eigenvalue weighted by Gasteiger charge is -2.23. The number of carbonyl (C=O) groups is 1. The van der Waals surface area contributed by atoms with Gasteiger partial charge in [-0.3, -0.25) is 4.79 Å². The lowest BCUT2D eigenvalue weighted by molar-refractivity contribution is -0.145. The lowest BCUT2D eigenvalue weighted by atomic mass is 9.95. The molecule has 0 bridgehead atoms. The number of nitrogens with one attached hydrogen (secondary N) is 2. The van der Waals surface area contributed by atoms with Crippen molar-refractivity contribution in [2.24, 2.45) is 5.41 Å². The first-order valence-electron chi connectivity index (χ1n) is 10.5. The molecule has 11 heteroatoms. The van der Waals surface area contributed by atoms with Gasteiger partial charge in [0, 0.05) is 28.7 Å². The molecule has 0 radical (unpaired) electrons. The Bertz CT molecular complexity index is 1210. The van der Waals surface area contributed by atoms with Crippen LogP contribution in [0.3, 0.4) is 0 Å². The zero-order chi connectivity index (χ0) is 26.3. The average Bonchev–Trinajstić information content (AvgIpc) is 3.16. The number of rotatable bonds is 6. The number of fused-ring (bicyclic) bond motifs is 1. The first kappa shape index (κ1) is 26.7. The summed E-state index contributed by atoms with van der Waals surface area (Å²) < 4.78 is 88.8. The van der Waals surface area contributed by atoms with Gasteiger partial charge in [0.2, 0.25) is 5.91 Å². The second kappa shape index (κ2) is 9.29. The minimum Gasteiger partial charge on any atom is -0.456 e. The van der Waals surface area contributed by atoms with E-state index in [0.717, 1.165) is 5.56 Å². The van der Waals surface area contributed by atoms with Crippen molar-refractivity contribution in [1.29, 1.82) is 0 Å². The summed E-state index contributed by atoms with van der Waals surface area (Å²) in [4.78, 5) is 15.4. The predicted octanol–water partition coefficient (Wildman–Crippen LogP) is 8.32. The summed E-state index contributed by atoms with van der Waals surface area (Å²) in [7, 11) is 0. The molecule has 0 fully saturated rings. The summed E-state index contributed by atoms with van der Waals surface area (Å²) in [6.45, 7) is 6.62. The number of alkyl halides is 7. The van der Waals surface area contributed by atoms with Crippen LogP contribution in [-0.2, 0) is 17.1 Å². The highest BCUT2D eigenvalue weighted by molar-refractivity contribution is 6.20. The zero-order valence-electron chi connectivity index (χ0n) is 19.2. The number of halogens is 7. The van der Waals surface area contributed by atoms with Gasteiger partial charge in [0.1, 0.15) is 16.9 Å². The Morgan fingerprint density at radius 3 is 2.09 bits per heavy atom. The van der Waals surface area contributed by atoms with Gasteiger partial charge >= 0.3 is 12.4 Å². The number of carbonyl (C=O) groups excluding carboxylic acids is 1. The third-order valence-electron chi connectivity index (χ3n) is 5.43. The van der Waals surface area contributed by atoms with E-state index in [9.17, 15) is 31.1 Å². The van der Waals surface area contributed by atoms with Gasteiger partial charge in [0.05, 0.1) is 5.41 Å². The molecule has 0 unspecified atom stereocenters. The summed E-state index contributed by atoms with van der Waals surface area (Å²) in [6.07, 6.45) is -8.69. The van der Waals surface area contributed by atoms with Crippen LogP contribution in [0.2, 0.25) is 0 Å². The smallest absolute Gasteiger partial charge is 0.420 e. The van der Waals surface area contributed by atoms with Crippen LogP contribution in [0.5, 0.6) is 11.5 Å². The van der Waals surface area contributed by atoms with E-state index in [1.54, 1.807) is 6.20 Å². The van der Waals surface area contributed by atoms with Crippen LogP contribution < -0.4 is 10.1 Å². The number of ether oxygens (including phenoxy) is 1. The predicted molar refractivity (Wildman–Crippen MR) is 122 cm³/mol. The highest BCUT2D eigenvalue weighted by atomic mass is 35.5. The molecule has 190 valence electrons. The standard InChI is InChI=1S/C24H23ClF6N2O2/c1-12(2)16-10-32-19-6-5-14(9-15(16)19)35-20-17(23(26,27)28)7-13(8-18(20)24(29,30)31)33-21(34)22(3,4)11-25/h5-10,12,32H,11H2,1-4H3,(H,33,34). The number of benzene rings is 2. The number of hydrogen-bond donors (Lipinski definition) is 2. The number of aromatic amines is 1. The molecule has 2 N–H and O–H groups in total. The molecule has 4 nitrogen and oxygen atoms in total. The molecule has 0 aliphatic heterocycles. The highest BCUT2D eigenvalue weighted by Crippen LogP contribution is 2.48. The van der Waals surface area contributed by atoms with Crippen molar-refractivity contribution in [2.75, 3.05) is 11.2 Å². The normalized spacial score (nSPS) is 12.9. The summed E-state index contributed by atoms with van der Waals surface area (Å²) in [5, 5.41) is 2.72. The molecule has 0 saturated carbocycles. The van der Waals surface area contributed by atoms with Crippen LogP contribution in [0, 0.1) is 5.41 Å². The molecule has 3 aromatic rings. The fraction of sp³-hybridized carbons (Fsp3) is 0.375. The van der Waals surface area contributed by atoms with E-state index in [1.807, 2.05) is 13.8 Å². The molecule has 1 heterocycles. The van der Waals surface area contributed by atoms with E-state index in [-0.39, 0.29) is 17.5 Å². The lowest BCUT2D eigenvalue weighted by Crippen LogP contribution is -2.32. The van der Waals surface area contributed by atoms with Crippen LogP contribution in [0.1, 0.15) is 50.3 Å². The van der Waals surface area contributed by atoms with E-state index in [4.69, 9.17) is 16.3 Å². The minimum absolute atomic E-state index is 0.0515. The Hall–Kier alpha value is -2.88. The van der Waals surface area contributed by atoms with Gasteiger partial charge in [-0.25, -0.2) is 0 Å². The Morgan fingerprint density at radius 1 is 1.03 bits per heavy atom. The Morgan fingerprint density at radius 2 is 1.60 bits per heavy atom. The first-order valence-corrected chi connectivity index (χ1v) is 11.1. The van der Waals surface area contributed by atoms with E-state index < -0.39 is 46.2 Å². The number of hydrogen-bond acceptors (Lipinski definition) is 2.